The highest BCUT2D eigenvalue weighted by Gasteiger charge is 2.78. The van der Waals surface area contributed by atoms with Crippen LogP contribution in [0.4, 0.5) is 0 Å². The summed E-state index contributed by atoms with van der Waals surface area (Å²) in [5.74, 6) is -6.86. The summed E-state index contributed by atoms with van der Waals surface area (Å²) in [5.41, 5.74) is -7.20. The summed E-state index contributed by atoms with van der Waals surface area (Å²) >= 11 is 0. The molecule has 15 heteroatoms. The van der Waals surface area contributed by atoms with E-state index in [1.54, 1.807) is 80.6 Å². The standard InChI is InChI=1S/C47H51NO14/c1-25-31(60-43(56)35(36(52)28-16-10-7-11-17-28)48-41(54)29-18-12-8-13-19-29)23-47(57)40(61-42(55)30-20-14-9-15-21-30)38-45(6,32(51)22-33-46(38,24-58-33)62-27(3)50)39(53)37(59-26(2)49)34(25)44(47,4)5/h7-21,31-33,35-38,40,51-52,57H,22-24H2,1-6H3,(H,48,54)/t31-,32-,33+,35-,36+,37+,38-,40-,45+,46-,47-/m0/s1. The molecule has 15 nitrogen and oxygen atoms in total. The van der Waals surface area contributed by atoms with Gasteiger partial charge < -0.3 is 44.3 Å². The molecule has 2 saturated carbocycles. The van der Waals surface area contributed by atoms with Gasteiger partial charge in [-0.25, -0.2) is 9.59 Å². The first kappa shape index (κ1) is 44.3. The summed E-state index contributed by atoms with van der Waals surface area (Å²) in [7, 11) is 0. The van der Waals surface area contributed by atoms with Crippen molar-refractivity contribution in [3.63, 3.8) is 0 Å². The average Bonchev–Trinajstić information content (AvgIpc) is 3.24. The van der Waals surface area contributed by atoms with Gasteiger partial charge in [0.25, 0.3) is 5.91 Å². The highest BCUT2D eigenvalue weighted by Crippen LogP contribution is 2.64. The van der Waals surface area contributed by atoms with Crippen LogP contribution in [0.25, 0.3) is 0 Å². The van der Waals surface area contributed by atoms with Crippen LogP contribution in [0, 0.1) is 16.7 Å². The van der Waals surface area contributed by atoms with Crippen LogP contribution in [0.1, 0.15) is 86.8 Å². The van der Waals surface area contributed by atoms with E-state index in [2.05, 4.69) is 5.32 Å². The summed E-state index contributed by atoms with van der Waals surface area (Å²) in [5, 5.41) is 40.1. The molecule has 3 fully saturated rings. The Balaban J connectivity index is 1.42. The minimum absolute atomic E-state index is 0.00103. The van der Waals surface area contributed by atoms with E-state index >= 15 is 4.79 Å². The van der Waals surface area contributed by atoms with Crippen molar-refractivity contribution in [3.8, 4) is 0 Å². The maximum absolute atomic E-state index is 15.5. The van der Waals surface area contributed by atoms with Gasteiger partial charge in [-0.2, -0.15) is 0 Å². The van der Waals surface area contributed by atoms with Gasteiger partial charge in [-0.05, 0) is 54.8 Å². The molecule has 3 aromatic rings. The van der Waals surface area contributed by atoms with Crippen LogP contribution in [-0.4, -0.2) is 105 Å². The van der Waals surface area contributed by atoms with E-state index in [-0.39, 0.29) is 40.9 Å². The highest BCUT2D eigenvalue weighted by atomic mass is 16.6. The fourth-order valence-electron chi connectivity index (χ4n) is 10.2. The summed E-state index contributed by atoms with van der Waals surface area (Å²) in [6.07, 6.45) is -10.1. The Morgan fingerprint density at radius 3 is 1.95 bits per heavy atom. The van der Waals surface area contributed by atoms with Gasteiger partial charge in [-0.15, -0.1) is 0 Å². The summed E-state index contributed by atoms with van der Waals surface area (Å²) in [6.45, 7) is 7.99. The SMILES string of the molecule is CC(=O)O[C@H]1C(=O)[C@@]2(C)[C@H]([C@H](OC(=O)c3ccccc3)[C@@]3(O)C[C@H](OC(=O)[C@@H](NC(=O)c4ccccc4)[C@H](O)c4ccccc4)C(C)=C1C3(C)C)[C@]1(OC(C)=O)CO[C@@H]1C[C@@H]2O. The highest BCUT2D eigenvalue weighted by molar-refractivity contribution is 5.97. The predicted octanol–water partition coefficient (Wildman–Crippen LogP) is 3.74. The van der Waals surface area contributed by atoms with E-state index < -0.39 is 113 Å². The van der Waals surface area contributed by atoms with Crippen molar-refractivity contribution >= 4 is 35.6 Å². The third-order valence-electron chi connectivity index (χ3n) is 13.5. The Bertz CT molecular complexity index is 2280. The summed E-state index contributed by atoms with van der Waals surface area (Å²) in [4.78, 5) is 84.0. The van der Waals surface area contributed by atoms with Gasteiger partial charge in [-0.1, -0.05) is 80.6 Å². The number of hydrogen-bond acceptors (Lipinski definition) is 14. The van der Waals surface area contributed by atoms with Crippen molar-refractivity contribution in [2.75, 3.05) is 6.61 Å². The minimum atomic E-state index is -2.40. The first-order valence-corrected chi connectivity index (χ1v) is 20.5. The summed E-state index contributed by atoms with van der Waals surface area (Å²) < 4.78 is 30.4. The fourth-order valence-corrected chi connectivity index (χ4v) is 10.2. The van der Waals surface area contributed by atoms with Gasteiger partial charge in [0.1, 0.15) is 30.0 Å². The molecule has 328 valence electrons. The molecule has 0 aromatic heterocycles. The van der Waals surface area contributed by atoms with Crippen molar-refractivity contribution in [1.29, 1.82) is 0 Å². The second-order valence-corrected chi connectivity index (χ2v) is 17.4. The largest absolute Gasteiger partial charge is 0.456 e. The molecule has 4 N–H and O–H groups in total. The zero-order valence-corrected chi connectivity index (χ0v) is 35.2. The molecular formula is C47H51NO14. The lowest BCUT2D eigenvalue weighted by Gasteiger charge is -2.67. The number of hydrogen-bond donors (Lipinski definition) is 4. The smallest absolute Gasteiger partial charge is 0.338 e. The topological polar surface area (TPSA) is 221 Å². The van der Waals surface area contributed by atoms with Crippen LogP contribution in [-0.2, 0) is 42.9 Å². The molecule has 3 aliphatic carbocycles. The second-order valence-electron chi connectivity index (χ2n) is 17.4. The minimum Gasteiger partial charge on any atom is -0.456 e. The zero-order valence-electron chi connectivity index (χ0n) is 35.2. The number of fused-ring (bicyclic) bond motifs is 5. The van der Waals surface area contributed by atoms with Crippen molar-refractivity contribution < 1.29 is 67.8 Å². The van der Waals surface area contributed by atoms with E-state index in [0.29, 0.717) is 0 Å². The number of ether oxygens (including phenoxy) is 5. The van der Waals surface area contributed by atoms with Crippen LogP contribution in [0.15, 0.2) is 102 Å². The quantitative estimate of drug-likeness (QED) is 0.130. The monoisotopic (exact) mass is 853 g/mol. The number of esters is 4. The molecule has 4 aliphatic rings. The van der Waals surface area contributed by atoms with E-state index in [9.17, 15) is 39.3 Å². The van der Waals surface area contributed by atoms with E-state index in [4.69, 9.17) is 23.7 Å². The molecule has 0 unspecified atom stereocenters. The molecule has 3 aromatic carbocycles. The predicted molar refractivity (Wildman–Crippen MR) is 218 cm³/mol. The van der Waals surface area contributed by atoms with Crippen molar-refractivity contribution in [1.82, 2.24) is 5.32 Å². The molecule has 7 rings (SSSR count). The van der Waals surface area contributed by atoms with E-state index in [1.807, 2.05) is 0 Å². The third-order valence-corrected chi connectivity index (χ3v) is 13.5. The lowest BCUT2D eigenvalue weighted by atomic mass is 9.44. The molecule has 62 heavy (non-hydrogen) atoms. The number of amides is 1. The number of Topliss-reactive ketones (excluding diaryl/α,β-unsaturated/α-hetero) is 1. The van der Waals surface area contributed by atoms with Gasteiger partial charge in [0.05, 0.1) is 29.6 Å². The Morgan fingerprint density at radius 2 is 1.40 bits per heavy atom. The molecule has 1 saturated heterocycles. The maximum atomic E-state index is 15.5. The number of aliphatic hydroxyl groups is 3. The molecule has 2 bridgehead atoms. The van der Waals surface area contributed by atoms with Gasteiger partial charge in [0, 0.05) is 37.7 Å². The molecule has 11 atom stereocenters. The number of rotatable bonds is 10. The molecule has 0 radical (unpaired) electrons. The fraction of sp³-hybridized carbons (Fsp3) is 0.447. The van der Waals surface area contributed by atoms with Crippen molar-refractivity contribution in [2.24, 2.45) is 16.7 Å². The van der Waals surface area contributed by atoms with Gasteiger partial charge in [-0.3, -0.25) is 19.2 Å². The van der Waals surface area contributed by atoms with Crippen LogP contribution >= 0.6 is 0 Å². The Labute approximate surface area is 358 Å². The first-order valence-electron chi connectivity index (χ1n) is 20.5. The number of carbonyl (C=O) groups excluding carboxylic acids is 6. The van der Waals surface area contributed by atoms with Crippen LogP contribution in [0.2, 0.25) is 0 Å². The molecule has 1 aliphatic heterocycles. The number of aliphatic hydroxyl groups excluding tert-OH is 2. The normalized spacial score (nSPS) is 31.9. The first-order chi connectivity index (χ1) is 29.3. The Hall–Kier alpha value is -5.74. The third kappa shape index (κ3) is 7.29. The second kappa shape index (κ2) is 16.5. The Morgan fingerprint density at radius 1 is 0.823 bits per heavy atom. The lowest BCUT2D eigenvalue weighted by Crippen LogP contribution is -2.82. The van der Waals surface area contributed by atoms with Gasteiger partial charge in [0.15, 0.2) is 23.5 Å². The lowest BCUT2D eigenvalue weighted by molar-refractivity contribution is -0.346. The summed E-state index contributed by atoms with van der Waals surface area (Å²) in [6, 6.07) is 22.2. The average molecular weight is 854 g/mol. The molecule has 0 spiro atoms. The number of benzene rings is 3. The molecular weight excluding hydrogens is 803 g/mol. The van der Waals surface area contributed by atoms with Gasteiger partial charge in [0.2, 0.25) is 0 Å². The van der Waals surface area contributed by atoms with Gasteiger partial charge >= 0.3 is 23.9 Å². The van der Waals surface area contributed by atoms with E-state index in [1.165, 1.54) is 38.1 Å². The number of carbonyl (C=O) groups is 6. The molecule has 1 amide bonds. The maximum Gasteiger partial charge on any atom is 0.338 e. The van der Waals surface area contributed by atoms with Crippen molar-refractivity contribution in [3.05, 3.63) is 119 Å². The number of nitrogens with one attached hydrogen (secondary N) is 1. The molecule has 1 heterocycles. The van der Waals surface area contributed by atoms with Crippen LogP contribution < -0.4 is 5.32 Å². The van der Waals surface area contributed by atoms with Crippen LogP contribution in [0.5, 0.6) is 0 Å². The zero-order chi connectivity index (χ0) is 44.9. The number of ketones is 1. The Kier molecular flexibility index (Phi) is 11.8. The van der Waals surface area contributed by atoms with Crippen molar-refractivity contribution in [2.45, 2.75) is 108 Å². The van der Waals surface area contributed by atoms with E-state index in [0.717, 1.165) is 13.8 Å². The van der Waals surface area contributed by atoms with Crippen LogP contribution in [0.3, 0.4) is 0 Å².